The van der Waals surface area contributed by atoms with Crippen LogP contribution in [0.4, 0.5) is 0 Å². The summed E-state index contributed by atoms with van der Waals surface area (Å²) in [4.78, 5) is 2.35. The molecule has 2 rings (SSSR count). The molecule has 0 spiro atoms. The first-order valence-electron chi connectivity index (χ1n) is 6.02. The number of morpholine rings is 1. The van der Waals surface area contributed by atoms with E-state index >= 15 is 0 Å². The molecular weight excluding hydrogens is 202 g/mol. The van der Waals surface area contributed by atoms with Crippen LogP contribution in [-0.2, 0) is 4.74 Å². The van der Waals surface area contributed by atoms with Gasteiger partial charge in [0.15, 0.2) is 0 Å². The molecule has 1 unspecified atom stereocenters. The zero-order chi connectivity index (χ0) is 11.6. The van der Waals surface area contributed by atoms with Crippen molar-refractivity contribution in [1.29, 1.82) is 0 Å². The Morgan fingerprint density at radius 1 is 1.44 bits per heavy atom. The second-order valence-electron chi connectivity index (χ2n) is 4.95. The lowest BCUT2D eigenvalue weighted by Crippen LogP contribution is -2.37. The number of allylic oxidation sites excluding steroid dienone is 2. The molecule has 0 saturated carbocycles. The van der Waals surface area contributed by atoms with Gasteiger partial charge in [0.2, 0.25) is 0 Å². The molecule has 1 N–H and O–H groups in total. The summed E-state index contributed by atoms with van der Waals surface area (Å²) in [5, 5.41) is 9.72. The van der Waals surface area contributed by atoms with E-state index in [1.54, 1.807) is 0 Å². The minimum Gasteiger partial charge on any atom is -0.393 e. The van der Waals surface area contributed by atoms with Crippen LogP contribution >= 0.6 is 0 Å². The largest absolute Gasteiger partial charge is 0.393 e. The van der Waals surface area contributed by atoms with Gasteiger partial charge in [-0.1, -0.05) is 19.1 Å². The second kappa shape index (κ2) is 4.60. The topological polar surface area (TPSA) is 32.7 Å². The molecule has 1 aliphatic heterocycles. The summed E-state index contributed by atoms with van der Waals surface area (Å²) in [6, 6.07) is 0. The molecule has 1 aliphatic carbocycles. The van der Waals surface area contributed by atoms with Crippen LogP contribution in [0, 0.1) is 5.41 Å². The van der Waals surface area contributed by atoms with Crippen molar-refractivity contribution in [1.82, 2.24) is 4.90 Å². The number of aliphatic hydroxyl groups is 1. The van der Waals surface area contributed by atoms with E-state index in [0.29, 0.717) is 0 Å². The monoisotopic (exact) mass is 223 g/mol. The molecule has 0 amide bonds. The zero-order valence-corrected chi connectivity index (χ0v) is 10.1. The number of nitrogens with zero attached hydrogens (tertiary/aromatic N) is 1. The maximum absolute atomic E-state index is 9.72. The fraction of sp³-hybridized carbons (Fsp3) is 0.692. The van der Waals surface area contributed by atoms with Crippen molar-refractivity contribution in [3.8, 4) is 0 Å². The average molecular weight is 223 g/mol. The summed E-state index contributed by atoms with van der Waals surface area (Å²) in [7, 11) is 0. The summed E-state index contributed by atoms with van der Waals surface area (Å²) in [6.45, 7) is 7.54. The molecule has 0 radical (unpaired) electrons. The molecule has 90 valence electrons. The minimum atomic E-state index is -0.300. The smallest absolute Gasteiger partial charge is 0.0642 e. The summed E-state index contributed by atoms with van der Waals surface area (Å²) in [5.74, 6) is 0. The van der Waals surface area contributed by atoms with E-state index in [-0.39, 0.29) is 11.5 Å². The first-order valence-corrected chi connectivity index (χ1v) is 6.02. The Bertz CT molecular complexity index is 303. The van der Waals surface area contributed by atoms with Crippen molar-refractivity contribution in [2.45, 2.75) is 26.4 Å². The van der Waals surface area contributed by atoms with Crippen LogP contribution < -0.4 is 0 Å². The van der Waals surface area contributed by atoms with Gasteiger partial charge in [-0.2, -0.15) is 0 Å². The average Bonchev–Trinajstić information content (AvgIpc) is 2.31. The van der Waals surface area contributed by atoms with Crippen LogP contribution in [0.5, 0.6) is 0 Å². The lowest BCUT2D eigenvalue weighted by atomic mass is 9.78. The van der Waals surface area contributed by atoms with Gasteiger partial charge in [-0.3, -0.25) is 0 Å². The molecular formula is C13H21NO2. The van der Waals surface area contributed by atoms with E-state index in [4.69, 9.17) is 4.74 Å². The summed E-state index contributed by atoms with van der Waals surface area (Å²) >= 11 is 0. The predicted octanol–water partition coefficient (Wildman–Crippen LogP) is 1.55. The Morgan fingerprint density at radius 3 is 2.62 bits per heavy atom. The summed E-state index contributed by atoms with van der Waals surface area (Å²) < 4.78 is 5.34. The number of aliphatic hydroxyl groups excluding tert-OH is 1. The van der Waals surface area contributed by atoms with Crippen LogP contribution in [0.25, 0.3) is 0 Å². The van der Waals surface area contributed by atoms with E-state index in [1.807, 2.05) is 6.92 Å². The van der Waals surface area contributed by atoms with E-state index < -0.39 is 0 Å². The van der Waals surface area contributed by atoms with Crippen LogP contribution in [0.3, 0.4) is 0 Å². The summed E-state index contributed by atoms with van der Waals surface area (Å²) in [5.41, 5.74) is 1.18. The Hall–Kier alpha value is -0.800. The number of ether oxygens (including phenoxy) is 1. The molecule has 2 atom stereocenters. The molecule has 16 heavy (non-hydrogen) atoms. The van der Waals surface area contributed by atoms with Crippen molar-refractivity contribution in [3.05, 3.63) is 23.9 Å². The van der Waals surface area contributed by atoms with Gasteiger partial charge in [-0.05, 0) is 19.4 Å². The second-order valence-corrected chi connectivity index (χ2v) is 4.95. The number of rotatable bonds is 2. The van der Waals surface area contributed by atoms with Crippen LogP contribution in [0.2, 0.25) is 0 Å². The maximum atomic E-state index is 9.72. The van der Waals surface area contributed by atoms with E-state index in [2.05, 4.69) is 30.1 Å². The molecule has 0 bridgehead atoms. The SMILES string of the molecule is C[C@@H](O)C1(C)C=CC(N2CCOCC2)=CC1. The van der Waals surface area contributed by atoms with Gasteiger partial charge in [-0.15, -0.1) is 0 Å². The van der Waals surface area contributed by atoms with Crippen molar-refractivity contribution in [2.24, 2.45) is 5.41 Å². The third-order valence-electron chi connectivity index (χ3n) is 3.72. The Labute approximate surface area is 97.4 Å². The quantitative estimate of drug-likeness (QED) is 0.771. The van der Waals surface area contributed by atoms with Gasteiger partial charge in [0.05, 0.1) is 19.3 Å². The molecule has 0 aromatic carbocycles. The van der Waals surface area contributed by atoms with Gasteiger partial charge in [-0.25, -0.2) is 0 Å². The van der Waals surface area contributed by atoms with E-state index in [0.717, 1.165) is 32.7 Å². The van der Waals surface area contributed by atoms with Gasteiger partial charge < -0.3 is 14.7 Å². The third-order valence-corrected chi connectivity index (χ3v) is 3.72. The fourth-order valence-electron chi connectivity index (χ4n) is 2.10. The van der Waals surface area contributed by atoms with Crippen molar-refractivity contribution >= 4 is 0 Å². The van der Waals surface area contributed by atoms with Crippen LogP contribution in [0.15, 0.2) is 23.9 Å². The molecule has 3 nitrogen and oxygen atoms in total. The molecule has 1 fully saturated rings. The molecule has 1 heterocycles. The van der Waals surface area contributed by atoms with Gasteiger partial charge in [0.25, 0.3) is 0 Å². The Balaban J connectivity index is 2.01. The first-order chi connectivity index (χ1) is 7.62. The fourth-order valence-corrected chi connectivity index (χ4v) is 2.10. The lowest BCUT2D eigenvalue weighted by molar-refractivity contribution is 0.0532. The first kappa shape index (κ1) is 11.7. The minimum absolute atomic E-state index is 0.101. The molecule has 0 aromatic rings. The molecule has 0 aromatic heterocycles. The van der Waals surface area contributed by atoms with Gasteiger partial charge in [0, 0.05) is 24.2 Å². The van der Waals surface area contributed by atoms with Gasteiger partial charge in [0.1, 0.15) is 0 Å². The highest BCUT2D eigenvalue weighted by molar-refractivity contribution is 5.26. The van der Waals surface area contributed by atoms with Gasteiger partial charge >= 0.3 is 0 Å². The summed E-state index contributed by atoms with van der Waals surface area (Å²) in [6.07, 6.45) is 7.13. The van der Waals surface area contributed by atoms with Crippen molar-refractivity contribution < 1.29 is 9.84 Å². The Morgan fingerprint density at radius 2 is 2.12 bits per heavy atom. The van der Waals surface area contributed by atoms with E-state index in [9.17, 15) is 5.11 Å². The van der Waals surface area contributed by atoms with Crippen LogP contribution in [-0.4, -0.2) is 42.4 Å². The normalized spacial score (nSPS) is 32.4. The highest BCUT2D eigenvalue weighted by Gasteiger charge is 2.29. The highest BCUT2D eigenvalue weighted by atomic mass is 16.5. The van der Waals surface area contributed by atoms with E-state index in [1.165, 1.54) is 5.70 Å². The molecule has 3 heteroatoms. The lowest BCUT2D eigenvalue weighted by Gasteiger charge is -2.35. The standard InChI is InChI=1S/C13H21NO2/c1-11(15)13(2)5-3-12(4-6-13)14-7-9-16-10-8-14/h3-5,11,15H,6-10H2,1-2H3/t11-,13?/m1/s1. The number of hydrogen-bond donors (Lipinski definition) is 1. The number of hydrogen-bond acceptors (Lipinski definition) is 3. The van der Waals surface area contributed by atoms with Crippen molar-refractivity contribution in [2.75, 3.05) is 26.3 Å². The molecule has 2 aliphatic rings. The predicted molar refractivity (Wildman–Crippen MR) is 64.0 cm³/mol. The Kier molecular flexibility index (Phi) is 3.36. The third kappa shape index (κ3) is 2.30. The van der Waals surface area contributed by atoms with Crippen LogP contribution in [0.1, 0.15) is 20.3 Å². The van der Waals surface area contributed by atoms with Crippen molar-refractivity contribution in [3.63, 3.8) is 0 Å². The highest BCUT2D eigenvalue weighted by Crippen LogP contribution is 2.33. The molecule has 1 saturated heterocycles. The maximum Gasteiger partial charge on any atom is 0.0642 e. The zero-order valence-electron chi connectivity index (χ0n) is 10.1.